The second kappa shape index (κ2) is 7.59. The minimum atomic E-state index is -3.24. The van der Waals surface area contributed by atoms with Gasteiger partial charge in [-0.1, -0.05) is 18.2 Å². The number of amides is 1. The van der Waals surface area contributed by atoms with Crippen molar-refractivity contribution in [1.82, 2.24) is 4.98 Å². The van der Waals surface area contributed by atoms with Crippen LogP contribution in [0.5, 0.6) is 0 Å². The molecule has 0 saturated heterocycles. The van der Waals surface area contributed by atoms with Crippen LogP contribution in [-0.4, -0.2) is 37.9 Å². The molecule has 8 heteroatoms. The highest BCUT2D eigenvalue weighted by Crippen LogP contribution is 2.29. The van der Waals surface area contributed by atoms with Crippen molar-refractivity contribution < 1.29 is 17.9 Å². The predicted molar refractivity (Wildman–Crippen MR) is 104 cm³/mol. The third-order valence-corrected chi connectivity index (χ3v) is 5.22. The van der Waals surface area contributed by atoms with Crippen molar-refractivity contribution >= 4 is 32.4 Å². The standard InChI is InChI=1S/C18H22N2O4S2/c1-6-11-20(17(21)24-18(2,3)4)16-19-15(12-25-16)13-7-9-14(10-8-13)26(5,22)23/h6-10,12H,1,11H2,2-5H3. The quantitative estimate of drug-likeness (QED) is 0.712. The molecule has 0 fully saturated rings. The molecule has 140 valence electrons. The summed E-state index contributed by atoms with van der Waals surface area (Å²) < 4.78 is 28.5. The molecule has 0 aliphatic heterocycles. The summed E-state index contributed by atoms with van der Waals surface area (Å²) in [5, 5.41) is 2.30. The van der Waals surface area contributed by atoms with Crippen LogP contribution in [0.1, 0.15) is 20.8 Å². The lowest BCUT2D eigenvalue weighted by Crippen LogP contribution is -2.37. The number of rotatable bonds is 5. The van der Waals surface area contributed by atoms with Gasteiger partial charge in [0.05, 0.1) is 10.6 Å². The molecule has 0 N–H and O–H groups in total. The molecule has 1 heterocycles. The molecular formula is C18H22N2O4S2. The van der Waals surface area contributed by atoms with Gasteiger partial charge in [0, 0.05) is 23.7 Å². The molecule has 6 nitrogen and oxygen atoms in total. The number of anilines is 1. The molecule has 0 bridgehead atoms. The summed E-state index contributed by atoms with van der Waals surface area (Å²) in [4.78, 5) is 18.6. The number of thiazole rings is 1. The van der Waals surface area contributed by atoms with Gasteiger partial charge in [0.1, 0.15) is 5.60 Å². The minimum Gasteiger partial charge on any atom is -0.443 e. The number of hydrogen-bond acceptors (Lipinski definition) is 6. The zero-order valence-electron chi connectivity index (χ0n) is 15.2. The Labute approximate surface area is 158 Å². The van der Waals surface area contributed by atoms with Crippen molar-refractivity contribution in [1.29, 1.82) is 0 Å². The Kier molecular flexibility index (Phi) is 5.87. The van der Waals surface area contributed by atoms with Gasteiger partial charge in [-0.25, -0.2) is 23.1 Å². The van der Waals surface area contributed by atoms with Crippen LogP contribution < -0.4 is 4.90 Å². The van der Waals surface area contributed by atoms with E-state index in [-0.39, 0.29) is 11.4 Å². The van der Waals surface area contributed by atoms with E-state index in [1.54, 1.807) is 51.1 Å². The van der Waals surface area contributed by atoms with Crippen LogP contribution in [0.4, 0.5) is 9.93 Å². The number of hydrogen-bond donors (Lipinski definition) is 0. The van der Waals surface area contributed by atoms with Crippen LogP contribution in [0.2, 0.25) is 0 Å². The average molecular weight is 395 g/mol. The molecule has 1 amide bonds. The maximum absolute atomic E-state index is 12.4. The highest BCUT2D eigenvalue weighted by molar-refractivity contribution is 7.90. The lowest BCUT2D eigenvalue weighted by Gasteiger charge is -2.25. The molecule has 2 aromatic rings. The Morgan fingerprint density at radius 2 is 1.92 bits per heavy atom. The Balaban J connectivity index is 2.28. The van der Waals surface area contributed by atoms with E-state index in [2.05, 4.69) is 11.6 Å². The van der Waals surface area contributed by atoms with Gasteiger partial charge >= 0.3 is 6.09 Å². The van der Waals surface area contributed by atoms with E-state index < -0.39 is 21.5 Å². The van der Waals surface area contributed by atoms with E-state index in [0.29, 0.717) is 10.8 Å². The topological polar surface area (TPSA) is 76.6 Å². The molecule has 0 aliphatic carbocycles. The molecule has 1 aromatic heterocycles. The normalized spacial score (nSPS) is 11.8. The third kappa shape index (κ3) is 5.15. The van der Waals surface area contributed by atoms with E-state index in [0.717, 1.165) is 11.8 Å². The molecule has 0 atom stereocenters. The summed E-state index contributed by atoms with van der Waals surface area (Å²) in [6, 6.07) is 6.47. The molecule has 0 aliphatic rings. The molecule has 2 rings (SSSR count). The van der Waals surface area contributed by atoms with Gasteiger partial charge in [0.2, 0.25) is 0 Å². The largest absolute Gasteiger partial charge is 0.443 e. The number of nitrogens with zero attached hydrogens (tertiary/aromatic N) is 2. The lowest BCUT2D eigenvalue weighted by atomic mass is 10.2. The summed E-state index contributed by atoms with van der Waals surface area (Å²) in [7, 11) is -3.24. The summed E-state index contributed by atoms with van der Waals surface area (Å²) in [5.41, 5.74) is 0.809. The predicted octanol–water partition coefficient (Wildman–Crippen LogP) is 4.14. The van der Waals surface area contributed by atoms with Crippen LogP contribution in [0.15, 0.2) is 47.2 Å². The first-order valence-electron chi connectivity index (χ1n) is 7.89. The monoisotopic (exact) mass is 394 g/mol. The second-order valence-corrected chi connectivity index (χ2v) is 9.54. The first-order chi connectivity index (χ1) is 12.0. The maximum atomic E-state index is 12.4. The van der Waals surface area contributed by atoms with Gasteiger partial charge in [-0.15, -0.1) is 17.9 Å². The summed E-state index contributed by atoms with van der Waals surface area (Å²) in [5.74, 6) is 0. The molecule has 0 spiro atoms. The van der Waals surface area contributed by atoms with Gasteiger partial charge in [-0.2, -0.15) is 0 Å². The van der Waals surface area contributed by atoms with E-state index in [1.165, 1.54) is 16.2 Å². The van der Waals surface area contributed by atoms with Gasteiger partial charge in [-0.05, 0) is 32.9 Å². The minimum absolute atomic E-state index is 0.249. The average Bonchev–Trinajstić information content (AvgIpc) is 2.99. The first kappa shape index (κ1) is 20.1. The van der Waals surface area contributed by atoms with Crippen molar-refractivity contribution in [2.75, 3.05) is 17.7 Å². The molecular weight excluding hydrogens is 372 g/mol. The van der Waals surface area contributed by atoms with Gasteiger partial charge in [0.15, 0.2) is 15.0 Å². The van der Waals surface area contributed by atoms with E-state index >= 15 is 0 Å². The lowest BCUT2D eigenvalue weighted by molar-refractivity contribution is 0.0584. The number of carbonyl (C=O) groups excluding carboxylic acids is 1. The number of benzene rings is 1. The smallest absolute Gasteiger partial charge is 0.416 e. The van der Waals surface area contributed by atoms with Crippen molar-refractivity contribution in [3.05, 3.63) is 42.3 Å². The second-order valence-electron chi connectivity index (χ2n) is 6.69. The Morgan fingerprint density at radius 1 is 1.31 bits per heavy atom. The molecule has 26 heavy (non-hydrogen) atoms. The maximum Gasteiger partial charge on any atom is 0.416 e. The van der Waals surface area contributed by atoms with E-state index in [9.17, 15) is 13.2 Å². The third-order valence-electron chi connectivity index (χ3n) is 3.23. The number of aromatic nitrogens is 1. The zero-order valence-corrected chi connectivity index (χ0v) is 16.9. The molecule has 0 saturated carbocycles. The highest BCUT2D eigenvalue weighted by atomic mass is 32.2. The van der Waals surface area contributed by atoms with Gasteiger partial charge in [0.25, 0.3) is 0 Å². The van der Waals surface area contributed by atoms with Crippen molar-refractivity contribution in [2.45, 2.75) is 31.3 Å². The van der Waals surface area contributed by atoms with Crippen molar-refractivity contribution in [3.8, 4) is 11.3 Å². The Morgan fingerprint density at radius 3 is 2.42 bits per heavy atom. The number of carbonyl (C=O) groups is 1. The molecule has 1 aromatic carbocycles. The van der Waals surface area contributed by atoms with Crippen molar-refractivity contribution in [2.24, 2.45) is 0 Å². The zero-order chi connectivity index (χ0) is 19.5. The fourth-order valence-electron chi connectivity index (χ4n) is 2.07. The highest BCUT2D eigenvalue weighted by Gasteiger charge is 2.24. The van der Waals surface area contributed by atoms with Crippen LogP contribution in [0.25, 0.3) is 11.3 Å². The summed E-state index contributed by atoms with van der Waals surface area (Å²) >= 11 is 1.30. The van der Waals surface area contributed by atoms with Crippen LogP contribution in [0.3, 0.4) is 0 Å². The van der Waals surface area contributed by atoms with E-state index in [1.807, 2.05) is 5.38 Å². The van der Waals surface area contributed by atoms with Crippen LogP contribution in [-0.2, 0) is 14.6 Å². The SMILES string of the molecule is C=CCN(C(=O)OC(C)(C)C)c1nc(-c2ccc(S(C)(=O)=O)cc2)cs1. The van der Waals surface area contributed by atoms with Gasteiger partial charge in [-0.3, -0.25) is 0 Å². The van der Waals surface area contributed by atoms with Crippen LogP contribution in [0, 0.1) is 0 Å². The number of sulfone groups is 1. The van der Waals surface area contributed by atoms with Crippen molar-refractivity contribution in [3.63, 3.8) is 0 Å². The number of ether oxygens (including phenoxy) is 1. The summed E-state index contributed by atoms with van der Waals surface area (Å²) in [6.07, 6.45) is 2.27. The Hall–Kier alpha value is -2.19. The summed E-state index contributed by atoms with van der Waals surface area (Å²) in [6.45, 7) is 9.34. The molecule has 0 radical (unpaired) electrons. The molecule has 0 unspecified atom stereocenters. The Bertz CT molecular complexity index is 894. The van der Waals surface area contributed by atoms with E-state index in [4.69, 9.17) is 4.74 Å². The fraction of sp³-hybridized carbons (Fsp3) is 0.333. The van der Waals surface area contributed by atoms with Crippen LogP contribution >= 0.6 is 11.3 Å². The van der Waals surface area contributed by atoms with Gasteiger partial charge < -0.3 is 4.74 Å². The fourth-order valence-corrected chi connectivity index (χ4v) is 3.53. The first-order valence-corrected chi connectivity index (χ1v) is 10.7.